The first-order valence-electron chi connectivity index (χ1n) is 3.17. The zero-order valence-electron chi connectivity index (χ0n) is 6.65. The molecule has 0 aliphatic heterocycles. The van der Waals surface area contributed by atoms with E-state index in [9.17, 15) is 4.79 Å². The van der Waals surface area contributed by atoms with E-state index in [1.54, 1.807) is 0 Å². The minimum atomic E-state index is 0.113. The first-order valence-corrected chi connectivity index (χ1v) is 4.78. The fourth-order valence-electron chi connectivity index (χ4n) is 0.694. The van der Waals surface area contributed by atoms with Crippen molar-refractivity contribution in [2.45, 2.75) is 0 Å². The van der Waals surface area contributed by atoms with Gasteiger partial charge in [0.2, 0.25) is 0 Å². The second-order valence-corrected chi connectivity index (χ2v) is 4.30. The normalized spacial score (nSPS) is 11.4. The molecule has 2 N–H and O–H groups in total. The number of oxime groups is 1. The lowest BCUT2D eigenvalue weighted by Crippen LogP contribution is -2.04. The second kappa shape index (κ2) is 4.33. The minimum Gasteiger partial charge on any atom is -0.398 e. The predicted octanol–water partition coefficient (Wildman–Crippen LogP) is 1.04. The maximum Gasteiger partial charge on any atom is 0.181 e. The Morgan fingerprint density at radius 3 is 2.92 bits per heavy atom. The van der Waals surface area contributed by atoms with Gasteiger partial charge in [-0.05, 0) is 15.9 Å². The Hall–Kier alpha value is -0.950. The largest absolute Gasteiger partial charge is 0.398 e. The molecule has 1 rings (SSSR count). The highest BCUT2D eigenvalue weighted by molar-refractivity contribution is 9.11. The van der Waals surface area contributed by atoms with Crippen LogP contribution in [0.4, 0.5) is 5.13 Å². The molecule has 7 heteroatoms. The number of aromatic nitrogens is 1. The van der Waals surface area contributed by atoms with Gasteiger partial charge in [-0.25, -0.2) is 4.98 Å². The van der Waals surface area contributed by atoms with Crippen LogP contribution in [0.2, 0.25) is 0 Å². The van der Waals surface area contributed by atoms with E-state index in [-0.39, 0.29) is 5.71 Å². The van der Waals surface area contributed by atoms with Crippen molar-refractivity contribution in [2.24, 2.45) is 5.16 Å². The fraction of sp³-hybridized carbons (Fsp3) is 0.167. The van der Waals surface area contributed by atoms with Crippen molar-refractivity contribution in [2.75, 3.05) is 12.8 Å². The first-order chi connectivity index (χ1) is 6.19. The average Bonchev–Trinajstić information content (AvgIpc) is 2.41. The fourth-order valence-corrected chi connectivity index (χ4v) is 2.05. The molecule has 0 aromatic carbocycles. The van der Waals surface area contributed by atoms with Crippen LogP contribution in [0.3, 0.4) is 0 Å². The van der Waals surface area contributed by atoms with Gasteiger partial charge in [-0.15, -0.1) is 0 Å². The third-order valence-electron chi connectivity index (χ3n) is 1.15. The Balaban J connectivity index is 3.11. The van der Waals surface area contributed by atoms with Gasteiger partial charge >= 0.3 is 0 Å². The number of thiazole rings is 1. The number of hydrogen-bond donors (Lipinski definition) is 1. The zero-order valence-corrected chi connectivity index (χ0v) is 9.05. The molecule has 0 atom stereocenters. The highest BCUT2D eigenvalue weighted by Gasteiger charge is 2.13. The summed E-state index contributed by atoms with van der Waals surface area (Å²) >= 11 is 4.44. The molecular weight excluding hydrogens is 258 g/mol. The first kappa shape index (κ1) is 10.1. The maximum absolute atomic E-state index is 10.5. The number of aldehydes is 1. The van der Waals surface area contributed by atoms with E-state index in [0.717, 1.165) is 0 Å². The molecule has 0 unspecified atom stereocenters. The number of carbonyl (C=O) groups excluding carboxylic acids is 1. The minimum absolute atomic E-state index is 0.113. The highest BCUT2D eigenvalue weighted by atomic mass is 79.9. The summed E-state index contributed by atoms with van der Waals surface area (Å²) < 4.78 is 0.660. The summed E-state index contributed by atoms with van der Waals surface area (Å²) in [5.74, 6) is 0. The van der Waals surface area contributed by atoms with Crippen molar-refractivity contribution in [3.63, 3.8) is 0 Å². The molecule has 0 bridgehead atoms. The Labute approximate surface area is 86.7 Å². The monoisotopic (exact) mass is 263 g/mol. The molecule has 0 aliphatic carbocycles. The van der Waals surface area contributed by atoms with Crippen LogP contribution < -0.4 is 5.73 Å². The summed E-state index contributed by atoms with van der Waals surface area (Å²) in [4.78, 5) is 18.9. The van der Waals surface area contributed by atoms with E-state index < -0.39 is 0 Å². The standard InChI is InChI=1S/C6H6BrN3O2S/c1-12-10-3(2-11)4-5(7)13-6(8)9-4/h2H,1H3,(H2,8,9)/b10-3+. The van der Waals surface area contributed by atoms with E-state index in [2.05, 4.69) is 30.9 Å². The molecule has 0 radical (unpaired) electrons. The van der Waals surface area contributed by atoms with Crippen molar-refractivity contribution in [3.05, 3.63) is 9.48 Å². The lowest BCUT2D eigenvalue weighted by Gasteiger charge is -1.92. The van der Waals surface area contributed by atoms with Crippen LogP contribution in [-0.2, 0) is 9.63 Å². The van der Waals surface area contributed by atoms with Gasteiger partial charge in [-0.3, -0.25) is 4.79 Å². The maximum atomic E-state index is 10.5. The number of anilines is 1. The molecule has 1 heterocycles. The van der Waals surface area contributed by atoms with Crippen LogP contribution in [-0.4, -0.2) is 24.1 Å². The Morgan fingerprint density at radius 1 is 1.85 bits per heavy atom. The average molecular weight is 264 g/mol. The van der Waals surface area contributed by atoms with Crippen molar-refractivity contribution in [3.8, 4) is 0 Å². The van der Waals surface area contributed by atoms with Gasteiger partial charge in [0, 0.05) is 0 Å². The number of halogens is 1. The third-order valence-corrected chi connectivity index (χ3v) is 2.68. The highest BCUT2D eigenvalue weighted by Crippen LogP contribution is 2.26. The summed E-state index contributed by atoms with van der Waals surface area (Å²) in [7, 11) is 1.35. The zero-order chi connectivity index (χ0) is 9.84. The van der Waals surface area contributed by atoms with Gasteiger partial charge in [0.25, 0.3) is 0 Å². The van der Waals surface area contributed by atoms with Crippen LogP contribution >= 0.6 is 27.3 Å². The number of carbonyl (C=O) groups is 1. The summed E-state index contributed by atoms with van der Waals surface area (Å²) in [6, 6.07) is 0. The second-order valence-electron chi connectivity index (χ2n) is 1.95. The van der Waals surface area contributed by atoms with Gasteiger partial charge in [0.15, 0.2) is 17.1 Å². The molecule has 0 fully saturated rings. The smallest absolute Gasteiger partial charge is 0.181 e. The molecule has 5 nitrogen and oxygen atoms in total. The lowest BCUT2D eigenvalue weighted by molar-refractivity contribution is -0.102. The lowest BCUT2D eigenvalue weighted by atomic mass is 10.3. The van der Waals surface area contributed by atoms with Crippen LogP contribution in [0.15, 0.2) is 8.94 Å². The molecule has 13 heavy (non-hydrogen) atoms. The van der Waals surface area contributed by atoms with Crippen molar-refractivity contribution >= 4 is 44.4 Å². The van der Waals surface area contributed by atoms with Crippen LogP contribution in [0.5, 0.6) is 0 Å². The summed E-state index contributed by atoms with van der Waals surface area (Å²) in [5, 5.41) is 3.86. The summed E-state index contributed by atoms with van der Waals surface area (Å²) in [5.41, 5.74) is 5.95. The Morgan fingerprint density at radius 2 is 2.54 bits per heavy atom. The van der Waals surface area contributed by atoms with E-state index >= 15 is 0 Å². The Kier molecular flexibility index (Phi) is 3.38. The van der Waals surface area contributed by atoms with E-state index in [1.165, 1.54) is 18.4 Å². The van der Waals surface area contributed by atoms with E-state index in [4.69, 9.17) is 5.73 Å². The molecule has 0 aliphatic rings. The number of nitrogen functional groups attached to an aromatic ring is 1. The van der Waals surface area contributed by atoms with Crippen LogP contribution in [0.25, 0.3) is 0 Å². The number of nitrogens with two attached hydrogens (primary N) is 1. The van der Waals surface area contributed by atoms with Gasteiger partial charge in [-0.2, -0.15) is 0 Å². The SMILES string of the molecule is CO/N=C(\C=O)c1nc(N)sc1Br. The van der Waals surface area contributed by atoms with Gasteiger partial charge in [0.1, 0.15) is 16.6 Å². The van der Waals surface area contributed by atoms with Crippen molar-refractivity contribution in [1.29, 1.82) is 0 Å². The number of nitrogens with zero attached hydrogens (tertiary/aromatic N) is 2. The molecule has 0 saturated heterocycles. The topological polar surface area (TPSA) is 77.6 Å². The van der Waals surface area contributed by atoms with Crippen LogP contribution in [0.1, 0.15) is 5.69 Å². The molecule has 0 amide bonds. The van der Waals surface area contributed by atoms with Crippen LogP contribution in [0, 0.1) is 0 Å². The van der Waals surface area contributed by atoms with E-state index in [1.807, 2.05) is 0 Å². The molecule has 1 aromatic heterocycles. The number of hydrogen-bond acceptors (Lipinski definition) is 6. The van der Waals surface area contributed by atoms with E-state index in [0.29, 0.717) is 20.9 Å². The molecule has 0 saturated carbocycles. The summed E-state index contributed by atoms with van der Waals surface area (Å²) in [6.07, 6.45) is 0.558. The molecule has 1 aromatic rings. The molecular formula is C6H6BrN3O2S. The van der Waals surface area contributed by atoms with Gasteiger partial charge < -0.3 is 10.6 Å². The van der Waals surface area contributed by atoms with Crippen molar-refractivity contribution in [1.82, 2.24) is 4.98 Å². The van der Waals surface area contributed by atoms with Gasteiger partial charge in [-0.1, -0.05) is 16.5 Å². The Bertz CT molecular complexity index is 350. The quantitative estimate of drug-likeness (QED) is 0.502. The molecule has 0 spiro atoms. The number of rotatable bonds is 3. The van der Waals surface area contributed by atoms with Gasteiger partial charge in [0.05, 0.1) is 0 Å². The summed E-state index contributed by atoms with van der Waals surface area (Å²) in [6.45, 7) is 0. The van der Waals surface area contributed by atoms with Crippen molar-refractivity contribution < 1.29 is 9.63 Å². The third kappa shape index (κ3) is 2.25. The molecule has 70 valence electrons. The predicted molar refractivity (Wildman–Crippen MR) is 53.8 cm³/mol.